The molecule has 3 aliphatic carbocycles. The molecule has 6 rings (SSSR count). The van der Waals surface area contributed by atoms with Crippen LogP contribution in [0.2, 0.25) is 0 Å². The van der Waals surface area contributed by atoms with E-state index in [1.165, 1.54) is 0 Å². The van der Waals surface area contributed by atoms with Crippen molar-refractivity contribution >= 4 is 6.03 Å². The van der Waals surface area contributed by atoms with Gasteiger partial charge in [-0.15, -0.1) is 0 Å². The van der Waals surface area contributed by atoms with Crippen LogP contribution in [0, 0.1) is 5.92 Å². The van der Waals surface area contributed by atoms with Crippen molar-refractivity contribution in [2.45, 2.75) is 133 Å². The highest BCUT2D eigenvalue weighted by molar-refractivity contribution is 5.75. The van der Waals surface area contributed by atoms with E-state index in [9.17, 15) is 4.79 Å². The van der Waals surface area contributed by atoms with Gasteiger partial charge in [-0.25, -0.2) is 13.6 Å². The fourth-order valence-corrected chi connectivity index (χ4v) is 7.95. The second-order valence-electron chi connectivity index (χ2n) is 13.9. The molecule has 5 fully saturated rings. The molecule has 2 aliphatic heterocycles. The third-order valence-corrected chi connectivity index (χ3v) is 10.8. The van der Waals surface area contributed by atoms with Crippen LogP contribution in [0.1, 0.15) is 109 Å². The lowest BCUT2D eigenvalue weighted by Gasteiger charge is -2.49. The summed E-state index contributed by atoms with van der Waals surface area (Å²) in [6.07, 6.45) is 9.17. The monoisotopic (exact) mass is 562 g/mol. The van der Waals surface area contributed by atoms with Gasteiger partial charge in [0.2, 0.25) is 5.89 Å². The quantitative estimate of drug-likeness (QED) is 0.517. The summed E-state index contributed by atoms with van der Waals surface area (Å²) in [6, 6.07) is -1.36. The number of urea groups is 1. The lowest BCUT2D eigenvalue weighted by Crippen LogP contribution is -2.67. The zero-order valence-electron chi connectivity index (χ0n) is 24.6. The summed E-state index contributed by atoms with van der Waals surface area (Å²) in [7, 11) is 0. The van der Waals surface area contributed by atoms with E-state index in [1.807, 2.05) is 4.90 Å². The molecule has 40 heavy (non-hydrogen) atoms. The molecule has 2 amide bonds. The molecule has 8 nitrogen and oxygen atoms in total. The Hall–Kier alpha value is -1.81. The van der Waals surface area contributed by atoms with Crippen LogP contribution in [-0.2, 0) is 5.41 Å². The minimum absolute atomic E-state index is 0.00521. The predicted molar refractivity (Wildman–Crippen MR) is 148 cm³/mol. The molecule has 1 N–H and O–H groups in total. The van der Waals surface area contributed by atoms with Crippen LogP contribution >= 0.6 is 0 Å². The van der Waals surface area contributed by atoms with Crippen molar-refractivity contribution in [3.63, 3.8) is 0 Å². The first kappa shape index (κ1) is 28.3. The van der Waals surface area contributed by atoms with Gasteiger partial charge in [0.05, 0.1) is 0 Å². The number of nitrogens with zero attached hydrogens (tertiary/aromatic N) is 5. The zero-order valence-corrected chi connectivity index (χ0v) is 24.6. The van der Waals surface area contributed by atoms with Gasteiger partial charge in [0.15, 0.2) is 5.82 Å². The van der Waals surface area contributed by atoms with Crippen molar-refractivity contribution in [3.05, 3.63) is 11.7 Å². The van der Waals surface area contributed by atoms with Crippen LogP contribution in [0.4, 0.5) is 13.6 Å². The van der Waals surface area contributed by atoms with Gasteiger partial charge in [0.1, 0.15) is 6.04 Å². The second-order valence-corrected chi connectivity index (χ2v) is 13.9. The summed E-state index contributed by atoms with van der Waals surface area (Å²) in [6.45, 7) is 10.4. The molecule has 2 saturated heterocycles. The van der Waals surface area contributed by atoms with E-state index in [1.54, 1.807) is 0 Å². The lowest BCUT2D eigenvalue weighted by molar-refractivity contribution is -0.0979. The summed E-state index contributed by atoms with van der Waals surface area (Å²) < 4.78 is 36.7. The van der Waals surface area contributed by atoms with Gasteiger partial charge in [-0.1, -0.05) is 24.9 Å². The molecule has 4 atom stereocenters. The molecule has 0 spiro atoms. The highest BCUT2D eigenvalue weighted by Crippen LogP contribution is 2.45. The van der Waals surface area contributed by atoms with Gasteiger partial charge in [0.25, 0.3) is 5.92 Å². The maximum absolute atomic E-state index is 15.5. The standard InChI is InChI=1S/C30H48F2N6O2/c1-20(2)36-15-17-37(18-16-36)23-9-6-12-30(31,32)25(23)33-28(39)38-14-13-29(3,19-24(38)21-7-4-5-8-21)27-34-26(40-35-27)22-10-11-22/h20-25H,4-19H2,1-3H3,(H,33,39)/t23-,24?,25+,29?/m0/s1. The van der Waals surface area contributed by atoms with Crippen LogP contribution < -0.4 is 5.32 Å². The number of amides is 2. The highest BCUT2D eigenvalue weighted by Gasteiger charge is 2.52. The van der Waals surface area contributed by atoms with Crippen molar-refractivity contribution in [2.75, 3.05) is 32.7 Å². The largest absolute Gasteiger partial charge is 0.339 e. The Labute approximate surface area is 237 Å². The van der Waals surface area contributed by atoms with E-state index < -0.39 is 12.0 Å². The van der Waals surface area contributed by atoms with E-state index in [0.29, 0.717) is 43.7 Å². The summed E-state index contributed by atoms with van der Waals surface area (Å²) in [5.74, 6) is -0.637. The number of piperazine rings is 1. The number of nitrogens with one attached hydrogen (secondary N) is 1. The summed E-state index contributed by atoms with van der Waals surface area (Å²) >= 11 is 0. The number of rotatable bonds is 6. The second kappa shape index (κ2) is 11.1. The summed E-state index contributed by atoms with van der Waals surface area (Å²) in [5, 5.41) is 7.32. The Morgan fingerprint density at radius 3 is 2.38 bits per heavy atom. The van der Waals surface area contributed by atoms with Gasteiger partial charge >= 0.3 is 6.03 Å². The number of piperidine rings is 1. The maximum atomic E-state index is 15.5. The first-order chi connectivity index (χ1) is 19.1. The molecule has 2 unspecified atom stereocenters. The van der Waals surface area contributed by atoms with Crippen LogP contribution in [0.25, 0.3) is 0 Å². The molecule has 1 aromatic heterocycles. The fraction of sp³-hybridized carbons (Fsp3) is 0.900. The Kier molecular flexibility index (Phi) is 7.87. The van der Waals surface area contributed by atoms with Crippen molar-refractivity contribution in [1.82, 2.24) is 30.2 Å². The minimum Gasteiger partial charge on any atom is -0.339 e. The van der Waals surface area contributed by atoms with Crippen LogP contribution in [0.3, 0.4) is 0 Å². The average Bonchev–Trinajstić information content (AvgIpc) is 3.40. The topological polar surface area (TPSA) is 77.7 Å². The molecular formula is C30H48F2N6O2. The lowest BCUT2D eigenvalue weighted by atomic mass is 9.72. The number of carbonyl (C=O) groups excluding carboxylic acids is 1. The molecule has 10 heteroatoms. The highest BCUT2D eigenvalue weighted by atomic mass is 19.3. The molecule has 1 aromatic rings. The third kappa shape index (κ3) is 5.63. The van der Waals surface area contributed by atoms with Crippen molar-refractivity contribution in [2.24, 2.45) is 5.92 Å². The van der Waals surface area contributed by atoms with E-state index in [-0.39, 0.29) is 30.0 Å². The van der Waals surface area contributed by atoms with Gasteiger partial charge in [0, 0.05) is 68.6 Å². The van der Waals surface area contributed by atoms with E-state index >= 15 is 8.78 Å². The van der Waals surface area contributed by atoms with Gasteiger partial charge in [-0.3, -0.25) is 9.80 Å². The molecule has 0 aromatic carbocycles. The normalized spacial score (nSPS) is 34.5. The molecule has 3 saturated carbocycles. The zero-order chi connectivity index (χ0) is 28.1. The predicted octanol–water partition coefficient (Wildman–Crippen LogP) is 5.15. The van der Waals surface area contributed by atoms with E-state index in [0.717, 1.165) is 82.8 Å². The molecule has 224 valence electrons. The van der Waals surface area contributed by atoms with Crippen LogP contribution in [-0.4, -0.2) is 93.7 Å². The minimum atomic E-state index is -2.91. The van der Waals surface area contributed by atoms with Crippen LogP contribution in [0.5, 0.6) is 0 Å². The summed E-state index contributed by atoms with van der Waals surface area (Å²) in [5.41, 5.74) is -0.284. The number of aromatic nitrogens is 2. The number of alkyl halides is 2. The summed E-state index contributed by atoms with van der Waals surface area (Å²) in [4.78, 5) is 25.2. The van der Waals surface area contributed by atoms with Crippen molar-refractivity contribution in [3.8, 4) is 0 Å². The maximum Gasteiger partial charge on any atom is 0.318 e. The molecule has 5 aliphatic rings. The fourth-order valence-electron chi connectivity index (χ4n) is 7.95. The first-order valence-corrected chi connectivity index (χ1v) is 15.9. The molecule has 0 radical (unpaired) electrons. The smallest absolute Gasteiger partial charge is 0.318 e. The first-order valence-electron chi connectivity index (χ1n) is 15.9. The van der Waals surface area contributed by atoms with E-state index in [2.05, 4.69) is 41.0 Å². The number of carbonyl (C=O) groups is 1. The molecule has 3 heterocycles. The van der Waals surface area contributed by atoms with E-state index in [4.69, 9.17) is 9.51 Å². The van der Waals surface area contributed by atoms with Crippen molar-refractivity contribution in [1.29, 1.82) is 0 Å². The van der Waals surface area contributed by atoms with Gasteiger partial charge < -0.3 is 14.7 Å². The molecule has 0 bridgehead atoms. The third-order valence-electron chi connectivity index (χ3n) is 10.8. The number of halogens is 2. The van der Waals surface area contributed by atoms with Gasteiger partial charge in [-0.05, 0) is 71.1 Å². The Morgan fingerprint density at radius 1 is 0.975 bits per heavy atom. The van der Waals surface area contributed by atoms with Crippen molar-refractivity contribution < 1.29 is 18.1 Å². The average molecular weight is 563 g/mol. The number of hydrogen-bond donors (Lipinski definition) is 1. The molecular weight excluding hydrogens is 514 g/mol. The number of hydrogen-bond acceptors (Lipinski definition) is 6. The Morgan fingerprint density at radius 2 is 1.70 bits per heavy atom. The number of likely N-dealkylation sites (tertiary alicyclic amines) is 1. The van der Waals surface area contributed by atoms with Gasteiger partial charge in [-0.2, -0.15) is 4.98 Å². The Bertz CT molecular complexity index is 1030. The Balaban J connectivity index is 1.18. The van der Waals surface area contributed by atoms with Crippen LogP contribution in [0.15, 0.2) is 4.52 Å². The SMILES string of the molecule is CC(C)N1CCN([C@H]2CCCC(F)(F)[C@@H]2NC(=O)N2CCC(C)(c3noc(C4CC4)n3)CC2C2CCCC2)CC1.